The number of amides is 1. The van der Waals surface area contributed by atoms with Crippen LogP contribution in [0.2, 0.25) is 0 Å². The number of benzene rings is 1. The number of fused-ring (bicyclic) bond motifs is 3. The van der Waals surface area contributed by atoms with Gasteiger partial charge in [0.1, 0.15) is 17.2 Å². The summed E-state index contributed by atoms with van der Waals surface area (Å²) in [6, 6.07) is 4.78. The quantitative estimate of drug-likeness (QED) is 0.452. The van der Waals surface area contributed by atoms with Gasteiger partial charge in [-0.05, 0) is 43.4 Å². The van der Waals surface area contributed by atoms with Crippen molar-refractivity contribution < 1.29 is 22.4 Å². The van der Waals surface area contributed by atoms with Crippen molar-refractivity contribution in [2.75, 3.05) is 5.73 Å². The summed E-state index contributed by atoms with van der Waals surface area (Å²) in [5.74, 6) is -0.576. The summed E-state index contributed by atoms with van der Waals surface area (Å²) in [5.41, 5.74) is 6.08. The highest BCUT2D eigenvalue weighted by molar-refractivity contribution is 5.99. The largest absolute Gasteiger partial charge is 0.417 e. The number of rotatable bonds is 4. The molecule has 3 heterocycles. The Hall–Kier alpha value is -3.76. The first kappa shape index (κ1) is 20.8. The fraction of sp³-hybridized carbons (Fsp3) is 0.304. The molecule has 3 aromatic heterocycles. The third-order valence-electron chi connectivity index (χ3n) is 6.99. The summed E-state index contributed by atoms with van der Waals surface area (Å²) in [5, 5.41) is 0. The summed E-state index contributed by atoms with van der Waals surface area (Å²) >= 11 is 0. The van der Waals surface area contributed by atoms with E-state index < -0.39 is 29.0 Å². The first-order valence-corrected chi connectivity index (χ1v) is 10.7. The molecule has 2 N–H and O–H groups in total. The Balaban J connectivity index is 1.40. The zero-order valence-corrected chi connectivity index (χ0v) is 17.7. The van der Waals surface area contributed by atoms with Crippen LogP contribution in [0.4, 0.5) is 23.4 Å². The summed E-state index contributed by atoms with van der Waals surface area (Å²) < 4.78 is 55.5. The average molecular weight is 470 g/mol. The van der Waals surface area contributed by atoms with Gasteiger partial charge in [0.05, 0.1) is 46.9 Å². The first-order valence-electron chi connectivity index (χ1n) is 10.7. The van der Waals surface area contributed by atoms with E-state index in [1.165, 1.54) is 24.7 Å². The van der Waals surface area contributed by atoms with Gasteiger partial charge in [-0.25, -0.2) is 14.4 Å². The maximum absolute atomic E-state index is 15.1. The molecule has 0 atom stereocenters. The van der Waals surface area contributed by atoms with E-state index in [-0.39, 0.29) is 23.4 Å². The Labute approximate surface area is 190 Å². The highest BCUT2D eigenvalue weighted by atomic mass is 19.4. The van der Waals surface area contributed by atoms with Gasteiger partial charge < -0.3 is 10.6 Å². The van der Waals surface area contributed by atoms with Crippen LogP contribution in [0.1, 0.15) is 40.9 Å². The highest BCUT2D eigenvalue weighted by Gasteiger charge is 2.61. The average Bonchev–Trinajstić information content (AvgIpc) is 3.21. The van der Waals surface area contributed by atoms with Crippen molar-refractivity contribution in [3.8, 4) is 0 Å². The van der Waals surface area contributed by atoms with Gasteiger partial charge in [0.15, 0.2) is 0 Å². The fourth-order valence-corrected chi connectivity index (χ4v) is 5.07. The molecule has 3 saturated carbocycles. The Morgan fingerprint density at radius 1 is 1.18 bits per heavy atom. The van der Waals surface area contributed by atoms with Crippen molar-refractivity contribution in [2.45, 2.75) is 37.5 Å². The highest BCUT2D eigenvalue weighted by Crippen LogP contribution is 2.61. The normalized spacial score (nSPS) is 21.4. The zero-order valence-electron chi connectivity index (χ0n) is 17.7. The van der Waals surface area contributed by atoms with Crippen molar-refractivity contribution in [1.29, 1.82) is 0 Å². The number of halogens is 4. The summed E-state index contributed by atoms with van der Waals surface area (Å²) in [6.45, 7) is -0.0123. The predicted octanol–water partition coefficient (Wildman–Crippen LogP) is 4.21. The lowest BCUT2D eigenvalue weighted by molar-refractivity contribution is -0.138. The maximum Gasteiger partial charge on any atom is 0.417 e. The fourth-order valence-electron chi connectivity index (χ4n) is 5.07. The number of hydrogen-bond donors (Lipinski definition) is 1. The van der Waals surface area contributed by atoms with Crippen LogP contribution in [0, 0.1) is 11.7 Å². The standard InChI is InChI=1S/C23H18F4N6O/c24-16-4-17-18(32-11-29-9-19(32)20(28)31-17)3-15(16)21(34)33(22-5-12(6-22)7-22)10-14-2-1-13(8-30-14)23(25,26)27/h1-4,8-9,11-12H,5-7,10H2,(H2,28,31). The maximum atomic E-state index is 15.1. The molecule has 0 unspecified atom stereocenters. The summed E-state index contributed by atoms with van der Waals surface area (Å²) in [4.78, 5) is 27.4. The lowest BCUT2D eigenvalue weighted by Gasteiger charge is -2.66. The second-order valence-electron chi connectivity index (χ2n) is 9.10. The van der Waals surface area contributed by atoms with Gasteiger partial charge in [-0.1, -0.05) is 0 Å². The van der Waals surface area contributed by atoms with Crippen LogP contribution in [-0.4, -0.2) is 35.7 Å². The molecule has 2 bridgehead atoms. The second kappa shape index (κ2) is 6.87. The van der Waals surface area contributed by atoms with E-state index in [0.717, 1.165) is 37.6 Å². The van der Waals surface area contributed by atoms with E-state index in [1.54, 1.807) is 9.30 Å². The van der Waals surface area contributed by atoms with Gasteiger partial charge in [0, 0.05) is 17.8 Å². The smallest absolute Gasteiger partial charge is 0.382 e. The van der Waals surface area contributed by atoms with Crippen molar-refractivity contribution in [3.05, 3.63) is 65.6 Å². The molecule has 3 aliphatic rings. The van der Waals surface area contributed by atoms with Gasteiger partial charge in [-0.2, -0.15) is 13.2 Å². The molecule has 0 saturated heterocycles. The molecule has 11 heteroatoms. The third kappa shape index (κ3) is 3.02. The molecule has 3 aliphatic carbocycles. The van der Waals surface area contributed by atoms with Crippen molar-refractivity contribution in [2.24, 2.45) is 5.92 Å². The monoisotopic (exact) mass is 470 g/mol. The minimum Gasteiger partial charge on any atom is -0.382 e. The van der Waals surface area contributed by atoms with Crippen LogP contribution in [0.5, 0.6) is 0 Å². The molecular formula is C23H18F4N6O. The Kier molecular flexibility index (Phi) is 4.21. The van der Waals surface area contributed by atoms with Gasteiger partial charge >= 0.3 is 6.18 Å². The number of carbonyl (C=O) groups is 1. The van der Waals surface area contributed by atoms with Crippen LogP contribution in [-0.2, 0) is 12.7 Å². The molecule has 0 aliphatic heterocycles. The third-order valence-corrected chi connectivity index (χ3v) is 6.99. The number of hydrogen-bond acceptors (Lipinski definition) is 5. The molecule has 3 fully saturated rings. The minimum atomic E-state index is -4.50. The minimum absolute atomic E-state index is 0.0123. The Morgan fingerprint density at radius 3 is 2.56 bits per heavy atom. The number of nitrogens with two attached hydrogens (primary N) is 1. The zero-order chi connectivity index (χ0) is 23.8. The SMILES string of the molecule is Nc1nc2cc(F)c(C(=O)N(Cc3ccc(C(F)(F)F)cn3)C34CC(C3)C4)cc2n2cncc12. The van der Waals surface area contributed by atoms with Gasteiger partial charge in [0.25, 0.3) is 5.91 Å². The van der Waals surface area contributed by atoms with Crippen LogP contribution in [0.25, 0.3) is 16.6 Å². The molecule has 0 spiro atoms. The molecule has 174 valence electrons. The van der Waals surface area contributed by atoms with E-state index >= 15 is 4.39 Å². The number of pyridine rings is 1. The van der Waals surface area contributed by atoms with Gasteiger partial charge in [-0.3, -0.25) is 14.2 Å². The number of alkyl halides is 3. The molecule has 0 radical (unpaired) electrons. The first-order chi connectivity index (χ1) is 16.1. The molecule has 34 heavy (non-hydrogen) atoms. The summed E-state index contributed by atoms with van der Waals surface area (Å²) in [7, 11) is 0. The Morgan fingerprint density at radius 2 is 1.94 bits per heavy atom. The van der Waals surface area contributed by atoms with Crippen molar-refractivity contribution in [3.63, 3.8) is 0 Å². The van der Waals surface area contributed by atoms with Crippen LogP contribution < -0.4 is 5.73 Å². The van der Waals surface area contributed by atoms with Crippen molar-refractivity contribution in [1.82, 2.24) is 24.3 Å². The van der Waals surface area contributed by atoms with Crippen LogP contribution in [0.15, 0.2) is 43.0 Å². The molecular weight excluding hydrogens is 452 g/mol. The molecule has 7 rings (SSSR count). The van der Waals surface area contributed by atoms with Gasteiger partial charge in [-0.15, -0.1) is 0 Å². The predicted molar refractivity (Wildman–Crippen MR) is 114 cm³/mol. The molecule has 1 amide bonds. The topological polar surface area (TPSA) is 89.4 Å². The van der Waals surface area contributed by atoms with Crippen LogP contribution in [0.3, 0.4) is 0 Å². The summed E-state index contributed by atoms with van der Waals surface area (Å²) in [6.07, 6.45) is 1.65. The molecule has 7 nitrogen and oxygen atoms in total. The van der Waals surface area contributed by atoms with E-state index in [0.29, 0.717) is 22.6 Å². The number of aromatic nitrogens is 4. The van der Waals surface area contributed by atoms with E-state index in [9.17, 15) is 18.0 Å². The van der Waals surface area contributed by atoms with E-state index in [2.05, 4.69) is 15.0 Å². The lowest BCUT2D eigenvalue weighted by atomic mass is 9.49. The molecule has 1 aromatic carbocycles. The number of anilines is 1. The molecule has 4 aromatic rings. The number of imidazole rings is 1. The number of carbonyl (C=O) groups excluding carboxylic acids is 1. The Bertz CT molecular complexity index is 1450. The number of nitrogens with zero attached hydrogens (tertiary/aromatic N) is 5. The number of nitrogen functional groups attached to an aromatic ring is 1. The van der Waals surface area contributed by atoms with Crippen molar-refractivity contribution >= 4 is 28.3 Å². The van der Waals surface area contributed by atoms with Gasteiger partial charge in [0.2, 0.25) is 0 Å². The second-order valence-corrected chi connectivity index (χ2v) is 9.10. The van der Waals surface area contributed by atoms with E-state index in [4.69, 9.17) is 5.73 Å². The lowest BCUT2D eigenvalue weighted by Crippen LogP contribution is -2.69. The van der Waals surface area contributed by atoms with Crippen LogP contribution >= 0.6 is 0 Å². The van der Waals surface area contributed by atoms with E-state index in [1.807, 2.05) is 0 Å².